The number of hydrogen-bond acceptors (Lipinski definition) is 10. The van der Waals surface area contributed by atoms with Gasteiger partial charge >= 0.3 is 11.7 Å². The highest BCUT2D eigenvalue weighted by Gasteiger charge is 2.38. The molecule has 1 heterocycles. The number of halogens is 4. The van der Waals surface area contributed by atoms with Crippen molar-refractivity contribution in [1.82, 2.24) is 19.5 Å². The second-order valence-corrected chi connectivity index (χ2v) is 12.9. The number of aromatic amines is 1. The number of sulfonamides is 1. The number of nitrogens with one attached hydrogen (secondary N) is 2. The summed E-state index contributed by atoms with van der Waals surface area (Å²) in [4.78, 5) is 37.3. The minimum absolute atomic E-state index is 0.00507. The Bertz CT molecular complexity index is 2050. The molecule has 3 aromatic carbocycles. The van der Waals surface area contributed by atoms with Gasteiger partial charge in [0.25, 0.3) is 12.0 Å². The highest BCUT2D eigenvalue weighted by molar-refractivity contribution is 7.89. The maximum absolute atomic E-state index is 13.6. The molecular weight excluding hydrogens is 701 g/mol. The molecule has 4 aromatic rings. The predicted molar refractivity (Wildman–Crippen MR) is 168 cm³/mol. The third-order valence-corrected chi connectivity index (χ3v) is 9.36. The summed E-state index contributed by atoms with van der Waals surface area (Å²) in [7, 11) is -1.46. The number of hydrogen-bond donors (Lipinski definition) is 2. The summed E-state index contributed by atoms with van der Waals surface area (Å²) in [5.41, 5.74) is -3.10. The molecule has 0 atom stereocenters. The van der Waals surface area contributed by atoms with E-state index in [0.29, 0.717) is 10.4 Å². The molecule has 5 rings (SSSR count). The van der Waals surface area contributed by atoms with Gasteiger partial charge in [0.1, 0.15) is 28.8 Å². The van der Waals surface area contributed by atoms with Gasteiger partial charge in [0, 0.05) is 12.1 Å². The highest BCUT2D eigenvalue weighted by Crippen LogP contribution is 2.40. The molecule has 0 saturated heterocycles. The van der Waals surface area contributed by atoms with Crippen molar-refractivity contribution < 1.29 is 40.9 Å². The molecule has 1 aliphatic rings. The van der Waals surface area contributed by atoms with Crippen LogP contribution in [0, 0.1) is 5.92 Å². The van der Waals surface area contributed by atoms with E-state index in [-0.39, 0.29) is 57.3 Å². The molecule has 254 valence electrons. The molecule has 1 aromatic heterocycles. The van der Waals surface area contributed by atoms with Crippen LogP contribution in [0.2, 0.25) is 10.0 Å². The Balaban J connectivity index is 1.45. The van der Waals surface area contributed by atoms with Crippen LogP contribution in [-0.2, 0) is 26.2 Å². The number of rotatable bonds is 12. The Hall–Kier alpha value is -4.51. The van der Waals surface area contributed by atoms with Crippen molar-refractivity contribution in [3.05, 3.63) is 96.7 Å². The van der Waals surface area contributed by atoms with Crippen molar-refractivity contribution in [1.29, 1.82) is 0 Å². The molecule has 18 heteroatoms. The zero-order chi connectivity index (χ0) is 34.7. The summed E-state index contributed by atoms with van der Waals surface area (Å²) in [5, 5.41) is 3.01. The summed E-state index contributed by atoms with van der Waals surface area (Å²) in [6, 6.07) is 12.6. The molecule has 0 spiro atoms. The van der Waals surface area contributed by atoms with Crippen LogP contribution >= 0.6 is 23.2 Å². The van der Waals surface area contributed by atoms with Crippen molar-refractivity contribution in [2.45, 2.75) is 36.8 Å². The number of alkyl halides is 2. The van der Waals surface area contributed by atoms with E-state index < -0.39 is 51.3 Å². The van der Waals surface area contributed by atoms with Gasteiger partial charge in [-0.05, 0) is 54.8 Å². The average Bonchev–Trinajstić information content (AvgIpc) is 3.03. The van der Waals surface area contributed by atoms with Gasteiger partial charge in [-0.25, -0.2) is 26.7 Å². The zero-order valence-corrected chi connectivity index (χ0v) is 27.4. The molecule has 0 amide bonds. The van der Waals surface area contributed by atoms with E-state index in [9.17, 15) is 31.6 Å². The smallest absolute Gasteiger partial charge is 0.349 e. The second kappa shape index (κ2) is 14.3. The lowest BCUT2D eigenvalue weighted by Crippen LogP contribution is -2.46. The molecule has 13 nitrogen and oxygen atoms in total. The Morgan fingerprint density at radius 1 is 1.04 bits per heavy atom. The molecule has 2 N–H and O–H groups in total. The minimum atomic E-state index is -4.25. The van der Waals surface area contributed by atoms with E-state index >= 15 is 0 Å². The number of ether oxygens (including phenoxy) is 4. The predicted octanol–water partition coefficient (Wildman–Crippen LogP) is 4.78. The molecule has 0 radical (unpaired) electrons. The lowest BCUT2D eigenvalue weighted by atomic mass is 9.81. The van der Waals surface area contributed by atoms with Crippen LogP contribution in [0.3, 0.4) is 0 Å². The van der Waals surface area contributed by atoms with Crippen LogP contribution < -0.4 is 30.2 Å². The summed E-state index contributed by atoms with van der Waals surface area (Å²) in [5.74, 6) is -0.454. The molecule has 0 unspecified atom stereocenters. The maximum atomic E-state index is 13.6. The van der Waals surface area contributed by atoms with Crippen LogP contribution in [0.25, 0.3) is 5.69 Å². The minimum Gasteiger partial charge on any atom is -0.497 e. The first-order chi connectivity index (χ1) is 22.8. The quantitative estimate of drug-likeness (QED) is 0.194. The van der Waals surface area contributed by atoms with E-state index in [1.807, 2.05) is 0 Å². The number of H-pyrrole nitrogens is 1. The van der Waals surface area contributed by atoms with E-state index in [4.69, 9.17) is 42.1 Å². The summed E-state index contributed by atoms with van der Waals surface area (Å²) in [6.07, 6.45) is -2.78. The normalized spacial score (nSPS) is 15.9. The SMILES string of the molecule is COC(=O)C1CC(NS(=O)(=O)c2cc(Oc3c(Cl)cc(-n4nc(C(F)F)c(=O)[nH]c4=O)cc3Cl)ccc2OCc2ccc(OC)cc2)C1. The van der Waals surface area contributed by atoms with Gasteiger partial charge in [0.2, 0.25) is 10.0 Å². The molecule has 0 aliphatic heterocycles. The lowest BCUT2D eigenvalue weighted by Gasteiger charge is -2.33. The van der Waals surface area contributed by atoms with Gasteiger partial charge in [-0.2, -0.15) is 9.78 Å². The Morgan fingerprint density at radius 3 is 2.29 bits per heavy atom. The molecule has 1 fully saturated rings. The first-order valence-electron chi connectivity index (χ1n) is 14.0. The fourth-order valence-corrected chi connectivity index (χ4v) is 6.71. The largest absolute Gasteiger partial charge is 0.497 e. The van der Waals surface area contributed by atoms with Crippen LogP contribution in [0.4, 0.5) is 8.78 Å². The summed E-state index contributed by atoms with van der Waals surface area (Å²) < 4.78 is 78.4. The number of esters is 1. The van der Waals surface area contributed by atoms with Crippen molar-refractivity contribution in [3.63, 3.8) is 0 Å². The zero-order valence-electron chi connectivity index (χ0n) is 25.0. The molecule has 48 heavy (non-hydrogen) atoms. The van der Waals surface area contributed by atoms with Gasteiger partial charge in [0.05, 0.1) is 35.9 Å². The van der Waals surface area contributed by atoms with Gasteiger partial charge in [-0.3, -0.25) is 14.6 Å². The first-order valence-corrected chi connectivity index (χ1v) is 16.2. The fraction of sp³-hybridized carbons (Fsp3) is 0.267. The summed E-state index contributed by atoms with van der Waals surface area (Å²) >= 11 is 12.8. The van der Waals surface area contributed by atoms with Crippen molar-refractivity contribution >= 4 is 39.2 Å². The van der Waals surface area contributed by atoms with Crippen molar-refractivity contribution in [2.75, 3.05) is 14.2 Å². The third kappa shape index (κ3) is 7.62. The maximum Gasteiger partial charge on any atom is 0.349 e. The average molecular weight is 728 g/mol. The van der Waals surface area contributed by atoms with Crippen LogP contribution in [0.5, 0.6) is 23.0 Å². The fourth-order valence-electron chi connectivity index (χ4n) is 4.73. The van der Waals surface area contributed by atoms with E-state index in [1.165, 1.54) is 32.4 Å². The Labute approximate surface area is 281 Å². The van der Waals surface area contributed by atoms with Crippen LogP contribution in [-0.4, -0.2) is 49.4 Å². The van der Waals surface area contributed by atoms with Gasteiger partial charge < -0.3 is 18.9 Å². The highest BCUT2D eigenvalue weighted by atomic mass is 35.5. The number of carbonyl (C=O) groups is 1. The number of nitrogens with zero attached hydrogens (tertiary/aromatic N) is 2. The van der Waals surface area contributed by atoms with Gasteiger partial charge in [0.15, 0.2) is 11.4 Å². The van der Waals surface area contributed by atoms with Crippen LogP contribution in [0.1, 0.15) is 30.5 Å². The van der Waals surface area contributed by atoms with Gasteiger partial charge in [-0.1, -0.05) is 35.3 Å². The monoisotopic (exact) mass is 726 g/mol. The van der Waals surface area contributed by atoms with Crippen molar-refractivity contribution in [3.8, 4) is 28.7 Å². The topological polar surface area (TPSA) is 168 Å². The molecule has 1 aliphatic carbocycles. The lowest BCUT2D eigenvalue weighted by molar-refractivity contribution is -0.148. The third-order valence-electron chi connectivity index (χ3n) is 7.26. The van der Waals surface area contributed by atoms with E-state index in [0.717, 1.165) is 17.7 Å². The second-order valence-electron chi connectivity index (χ2n) is 10.5. The standard InChI is InChI=1S/C30H26Cl2F2N4O9S/c1-44-19-5-3-15(4-6-19)14-46-23-8-7-20(13-24(23)48(42,43)37-17-9-16(10-17)29(40)45-2)47-26-21(31)11-18(12-22(26)32)38-30(41)35-28(39)25(36-38)27(33)34/h3-8,11-13,16-17,27,37H,9-10,14H2,1-2H3,(H,35,39,41). The van der Waals surface area contributed by atoms with E-state index in [1.54, 1.807) is 29.2 Å². The molecular formula is C30H26Cl2F2N4O9S. The number of aromatic nitrogens is 3. The van der Waals surface area contributed by atoms with Crippen LogP contribution in [0.15, 0.2) is 69.1 Å². The van der Waals surface area contributed by atoms with Gasteiger partial charge in [-0.15, -0.1) is 0 Å². The first kappa shape index (κ1) is 34.8. The number of benzene rings is 3. The Kier molecular flexibility index (Phi) is 10.4. The number of methoxy groups -OCH3 is 2. The summed E-state index contributed by atoms with van der Waals surface area (Å²) in [6.45, 7) is 0.00507. The molecule has 1 saturated carbocycles. The van der Waals surface area contributed by atoms with Crippen molar-refractivity contribution in [2.24, 2.45) is 5.92 Å². The Morgan fingerprint density at radius 2 is 1.69 bits per heavy atom. The van der Waals surface area contributed by atoms with E-state index in [2.05, 4.69) is 9.82 Å². The number of carbonyl (C=O) groups excluding carboxylic acids is 1. The molecule has 0 bridgehead atoms.